The molecule has 0 atom stereocenters. The molecule has 0 bridgehead atoms. The second kappa shape index (κ2) is 6.23. The van der Waals surface area contributed by atoms with E-state index in [2.05, 4.69) is 11.2 Å². The third-order valence-electron chi connectivity index (χ3n) is 3.31. The van der Waals surface area contributed by atoms with Gasteiger partial charge in [0.05, 0.1) is 36.0 Å². The first-order valence-corrected chi connectivity index (χ1v) is 6.78. The van der Waals surface area contributed by atoms with Gasteiger partial charge in [-0.3, -0.25) is 4.79 Å². The average Bonchev–Trinajstić information content (AvgIpc) is 2.76. The quantitative estimate of drug-likeness (QED) is 0.808. The second-order valence-electron chi connectivity index (χ2n) is 4.70. The molecule has 0 aliphatic heterocycles. The standard InChI is InChI=1S/C16H17N3O2/c1-4-21-16(20)9-15-11(2)18-19(12(15)3)14-7-5-13(10-17)6-8-14/h5-8H,4,9H2,1-3H3. The number of nitrogens with zero attached hydrogens (tertiary/aromatic N) is 3. The van der Waals surface area contributed by atoms with Crippen LogP contribution in [0.2, 0.25) is 0 Å². The maximum Gasteiger partial charge on any atom is 0.310 e. The van der Waals surface area contributed by atoms with Gasteiger partial charge in [-0.05, 0) is 45.0 Å². The largest absolute Gasteiger partial charge is 0.466 e. The van der Waals surface area contributed by atoms with E-state index in [-0.39, 0.29) is 12.4 Å². The molecule has 0 saturated carbocycles. The van der Waals surface area contributed by atoms with Gasteiger partial charge in [-0.1, -0.05) is 0 Å². The number of nitriles is 1. The maximum absolute atomic E-state index is 11.7. The van der Waals surface area contributed by atoms with Crippen molar-refractivity contribution >= 4 is 5.97 Å². The van der Waals surface area contributed by atoms with Crippen molar-refractivity contribution in [1.82, 2.24) is 9.78 Å². The summed E-state index contributed by atoms with van der Waals surface area (Å²) in [5.74, 6) is -0.247. The summed E-state index contributed by atoms with van der Waals surface area (Å²) in [4.78, 5) is 11.7. The van der Waals surface area contributed by atoms with Crippen LogP contribution in [0.15, 0.2) is 24.3 Å². The number of carbonyl (C=O) groups excluding carboxylic acids is 1. The van der Waals surface area contributed by atoms with Crippen molar-refractivity contribution in [3.05, 3.63) is 46.8 Å². The molecule has 5 heteroatoms. The van der Waals surface area contributed by atoms with Crippen LogP contribution in [-0.2, 0) is 16.0 Å². The van der Waals surface area contributed by atoms with E-state index in [0.717, 1.165) is 22.6 Å². The molecule has 0 aliphatic carbocycles. The van der Waals surface area contributed by atoms with Gasteiger partial charge < -0.3 is 4.74 Å². The van der Waals surface area contributed by atoms with Crippen LogP contribution in [0.3, 0.4) is 0 Å². The van der Waals surface area contributed by atoms with Gasteiger partial charge in [0.25, 0.3) is 0 Å². The number of aryl methyl sites for hydroxylation is 1. The van der Waals surface area contributed by atoms with E-state index >= 15 is 0 Å². The van der Waals surface area contributed by atoms with Crippen molar-refractivity contribution in [2.24, 2.45) is 0 Å². The zero-order valence-corrected chi connectivity index (χ0v) is 12.4. The number of hydrogen-bond donors (Lipinski definition) is 0. The smallest absolute Gasteiger partial charge is 0.310 e. The Bertz CT molecular complexity index is 694. The van der Waals surface area contributed by atoms with Crippen molar-refractivity contribution in [1.29, 1.82) is 5.26 Å². The second-order valence-corrected chi connectivity index (χ2v) is 4.70. The summed E-state index contributed by atoms with van der Waals surface area (Å²) < 4.78 is 6.77. The number of hydrogen-bond acceptors (Lipinski definition) is 4. The summed E-state index contributed by atoms with van der Waals surface area (Å²) in [6.45, 7) is 5.97. The fraction of sp³-hybridized carbons (Fsp3) is 0.312. The lowest BCUT2D eigenvalue weighted by molar-refractivity contribution is -0.142. The zero-order chi connectivity index (χ0) is 15.4. The number of rotatable bonds is 4. The Hall–Kier alpha value is -2.61. The molecule has 0 aliphatic rings. The van der Waals surface area contributed by atoms with Crippen LogP contribution < -0.4 is 0 Å². The Morgan fingerprint density at radius 1 is 1.33 bits per heavy atom. The van der Waals surface area contributed by atoms with Gasteiger partial charge in [-0.25, -0.2) is 4.68 Å². The van der Waals surface area contributed by atoms with Gasteiger partial charge in [0.15, 0.2) is 0 Å². The van der Waals surface area contributed by atoms with Gasteiger partial charge in [-0.15, -0.1) is 0 Å². The lowest BCUT2D eigenvalue weighted by Gasteiger charge is -2.05. The van der Waals surface area contributed by atoms with E-state index in [9.17, 15) is 4.79 Å². The molecule has 1 aromatic heterocycles. The van der Waals surface area contributed by atoms with Crippen LogP contribution in [0, 0.1) is 25.2 Å². The van der Waals surface area contributed by atoms with Crippen LogP contribution in [0.25, 0.3) is 5.69 Å². The number of benzene rings is 1. The first-order chi connectivity index (χ1) is 10.1. The van der Waals surface area contributed by atoms with Gasteiger partial charge in [0.2, 0.25) is 0 Å². The molecule has 0 amide bonds. The van der Waals surface area contributed by atoms with E-state index in [0.29, 0.717) is 12.2 Å². The van der Waals surface area contributed by atoms with Crippen molar-refractivity contribution < 1.29 is 9.53 Å². The molecule has 5 nitrogen and oxygen atoms in total. The normalized spacial score (nSPS) is 10.2. The first kappa shape index (κ1) is 14.8. The number of carbonyl (C=O) groups is 1. The van der Waals surface area contributed by atoms with Crippen LogP contribution in [0.4, 0.5) is 0 Å². The minimum atomic E-state index is -0.247. The highest BCUT2D eigenvalue weighted by molar-refractivity contribution is 5.73. The topological polar surface area (TPSA) is 67.9 Å². The number of esters is 1. The van der Waals surface area contributed by atoms with E-state index < -0.39 is 0 Å². The highest BCUT2D eigenvalue weighted by atomic mass is 16.5. The molecule has 0 unspecified atom stereocenters. The van der Waals surface area contributed by atoms with E-state index in [1.54, 1.807) is 23.7 Å². The summed E-state index contributed by atoms with van der Waals surface area (Å²) >= 11 is 0. The van der Waals surface area contributed by atoms with Crippen molar-refractivity contribution in [2.45, 2.75) is 27.2 Å². The molecular formula is C16H17N3O2. The molecule has 0 N–H and O–H groups in total. The lowest BCUT2D eigenvalue weighted by atomic mass is 10.1. The minimum Gasteiger partial charge on any atom is -0.466 e. The van der Waals surface area contributed by atoms with Crippen LogP contribution in [0.1, 0.15) is 29.4 Å². The van der Waals surface area contributed by atoms with Crippen LogP contribution >= 0.6 is 0 Å². The molecule has 0 fully saturated rings. The van der Waals surface area contributed by atoms with Crippen LogP contribution in [0.5, 0.6) is 0 Å². The third-order valence-corrected chi connectivity index (χ3v) is 3.31. The maximum atomic E-state index is 11.7. The molecule has 0 spiro atoms. The van der Waals surface area contributed by atoms with E-state index in [4.69, 9.17) is 10.00 Å². The Balaban J connectivity index is 2.33. The highest BCUT2D eigenvalue weighted by Gasteiger charge is 2.16. The van der Waals surface area contributed by atoms with Gasteiger partial charge in [-0.2, -0.15) is 10.4 Å². The van der Waals surface area contributed by atoms with E-state index in [1.165, 1.54) is 0 Å². The SMILES string of the molecule is CCOC(=O)Cc1c(C)nn(-c2ccc(C#N)cc2)c1C. The summed E-state index contributed by atoms with van der Waals surface area (Å²) in [6, 6.07) is 9.26. The van der Waals surface area contributed by atoms with E-state index in [1.807, 2.05) is 26.0 Å². The molecular weight excluding hydrogens is 266 g/mol. The molecule has 1 heterocycles. The molecule has 2 aromatic rings. The molecule has 1 aromatic carbocycles. The number of ether oxygens (including phenoxy) is 1. The summed E-state index contributed by atoms with van der Waals surface area (Å²) in [5, 5.41) is 13.3. The zero-order valence-electron chi connectivity index (χ0n) is 12.4. The lowest BCUT2D eigenvalue weighted by Crippen LogP contribution is -2.09. The predicted octanol–water partition coefficient (Wildman–Crippen LogP) is 2.47. The summed E-state index contributed by atoms with van der Waals surface area (Å²) in [5.41, 5.74) is 4.07. The monoisotopic (exact) mass is 283 g/mol. The van der Waals surface area contributed by atoms with Gasteiger partial charge in [0, 0.05) is 11.3 Å². The molecule has 0 saturated heterocycles. The Morgan fingerprint density at radius 3 is 2.57 bits per heavy atom. The molecule has 108 valence electrons. The van der Waals surface area contributed by atoms with Crippen LogP contribution in [-0.4, -0.2) is 22.4 Å². The molecule has 0 radical (unpaired) electrons. The Kier molecular flexibility index (Phi) is 4.39. The predicted molar refractivity (Wildman–Crippen MR) is 78.1 cm³/mol. The summed E-state index contributed by atoms with van der Waals surface area (Å²) in [6.07, 6.45) is 0.224. The van der Waals surface area contributed by atoms with Gasteiger partial charge >= 0.3 is 5.97 Å². The van der Waals surface area contributed by atoms with Crippen molar-refractivity contribution in [2.75, 3.05) is 6.61 Å². The minimum absolute atomic E-state index is 0.224. The molecule has 21 heavy (non-hydrogen) atoms. The first-order valence-electron chi connectivity index (χ1n) is 6.78. The summed E-state index contributed by atoms with van der Waals surface area (Å²) in [7, 11) is 0. The Morgan fingerprint density at radius 2 is 2.00 bits per heavy atom. The molecule has 2 rings (SSSR count). The number of aromatic nitrogens is 2. The highest BCUT2D eigenvalue weighted by Crippen LogP contribution is 2.19. The fourth-order valence-electron chi connectivity index (χ4n) is 2.22. The van der Waals surface area contributed by atoms with Crippen molar-refractivity contribution in [3.63, 3.8) is 0 Å². The fourth-order valence-corrected chi connectivity index (χ4v) is 2.22. The van der Waals surface area contributed by atoms with Gasteiger partial charge in [0.1, 0.15) is 0 Å². The average molecular weight is 283 g/mol. The Labute approximate surface area is 123 Å². The van der Waals surface area contributed by atoms with Crippen molar-refractivity contribution in [3.8, 4) is 11.8 Å². The third kappa shape index (κ3) is 3.11.